The number of rotatable bonds is 1. The Hall–Kier alpha value is -2.03. The van der Waals surface area contributed by atoms with Crippen molar-refractivity contribution in [2.24, 2.45) is 0 Å². The first kappa shape index (κ1) is 9.22. The zero-order valence-electron chi connectivity index (χ0n) is 8.67. The molecule has 3 heteroatoms. The minimum Gasteiger partial charge on any atom is -0.240 e. The fourth-order valence-corrected chi connectivity index (χ4v) is 1.72. The molecule has 2 aromatic carbocycles. The van der Waals surface area contributed by atoms with Gasteiger partial charge in [-0.1, -0.05) is 35.8 Å². The van der Waals surface area contributed by atoms with Gasteiger partial charge in [-0.15, -0.1) is 0 Å². The van der Waals surface area contributed by atoms with Crippen molar-refractivity contribution in [2.75, 3.05) is 0 Å². The van der Waals surface area contributed by atoms with Crippen molar-refractivity contribution in [1.29, 1.82) is 0 Å². The normalized spacial score (nSPS) is 10.8. The second-order valence-corrected chi connectivity index (χ2v) is 3.72. The summed E-state index contributed by atoms with van der Waals surface area (Å²) in [6.45, 7) is 0. The van der Waals surface area contributed by atoms with Crippen LogP contribution in [0.15, 0.2) is 54.7 Å². The topological polar surface area (TPSA) is 17.8 Å². The van der Waals surface area contributed by atoms with E-state index in [1.54, 1.807) is 0 Å². The van der Waals surface area contributed by atoms with Crippen molar-refractivity contribution in [1.82, 2.24) is 9.78 Å². The van der Waals surface area contributed by atoms with Gasteiger partial charge in [0.25, 0.3) is 0 Å². The molecule has 16 heavy (non-hydrogen) atoms. The fraction of sp³-hybridized carbons (Fsp3) is 0. The molecule has 0 atom stereocenters. The lowest BCUT2D eigenvalue weighted by Crippen LogP contribution is -2.02. The smallest absolute Gasteiger partial charge is 0.113 e. The van der Waals surface area contributed by atoms with Crippen LogP contribution in [-0.2, 0) is 0 Å². The highest BCUT2D eigenvalue weighted by Gasteiger charge is 2.00. The highest BCUT2D eigenvalue weighted by atomic mass is 15.3. The third-order valence-corrected chi connectivity index (χ3v) is 2.57. The fourth-order valence-electron chi connectivity index (χ4n) is 1.72. The molecule has 1 aromatic heterocycles. The van der Waals surface area contributed by atoms with Gasteiger partial charge in [-0.3, -0.25) is 0 Å². The van der Waals surface area contributed by atoms with Gasteiger partial charge in [0.05, 0.1) is 11.2 Å². The van der Waals surface area contributed by atoms with Crippen LogP contribution >= 0.6 is 0 Å². The summed E-state index contributed by atoms with van der Waals surface area (Å²) in [6, 6.07) is 15.7. The lowest BCUT2D eigenvalue weighted by atomic mass is 9.96. The van der Waals surface area contributed by atoms with E-state index < -0.39 is 0 Å². The van der Waals surface area contributed by atoms with Gasteiger partial charge < -0.3 is 0 Å². The van der Waals surface area contributed by atoms with Gasteiger partial charge in [0, 0.05) is 11.6 Å². The molecule has 2 radical (unpaired) electrons. The van der Waals surface area contributed by atoms with Crippen LogP contribution in [-0.4, -0.2) is 17.6 Å². The van der Waals surface area contributed by atoms with Crippen LogP contribution in [0, 0.1) is 0 Å². The minimum atomic E-state index is 0.764. The molecular formula is C13H9BN2. The summed E-state index contributed by atoms with van der Waals surface area (Å²) in [6.07, 6.45) is 2.01. The molecular weight excluding hydrogens is 195 g/mol. The van der Waals surface area contributed by atoms with E-state index >= 15 is 0 Å². The third-order valence-electron chi connectivity index (χ3n) is 2.57. The first-order valence-corrected chi connectivity index (χ1v) is 5.13. The second-order valence-electron chi connectivity index (χ2n) is 3.72. The van der Waals surface area contributed by atoms with E-state index in [1.807, 2.05) is 53.3 Å². The van der Waals surface area contributed by atoms with Crippen LogP contribution in [0.25, 0.3) is 16.6 Å². The largest absolute Gasteiger partial charge is 0.240 e. The maximum absolute atomic E-state index is 5.65. The van der Waals surface area contributed by atoms with Crippen LogP contribution in [0.1, 0.15) is 0 Å². The van der Waals surface area contributed by atoms with Gasteiger partial charge in [-0.25, -0.2) is 4.68 Å². The van der Waals surface area contributed by atoms with E-state index in [1.165, 1.54) is 0 Å². The highest BCUT2D eigenvalue weighted by molar-refractivity contribution is 6.32. The maximum atomic E-state index is 5.65. The van der Waals surface area contributed by atoms with Gasteiger partial charge in [0.1, 0.15) is 7.85 Å². The molecule has 0 aliphatic carbocycles. The number of aromatic nitrogens is 2. The molecule has 74 valence electrons. The molecule has 3 rings (SSSR count). The Labute approximate surface area is 94.9 Å². The van der Waals surface area contributed by atoms with Gasteiger partial charge in [-0.2, -0.15) is 5.10 Å². The first-order valence-electron chi connectivity index (χ1n) is 5.13. The molecule has 0 spiro atoms. The highest BCUT2D eigenvalue weighted by Crippen LogP contribution is 2.14. The van der Waals surface area contributed by atoms with Crippen LogP contribution in [0.2, 0.25) is 0 Å². The van der Waals surface area contributed by atoms with Crippen molar-refractivity contribution in [2.45, 2.75) is 0 Å². The number of hydrogen-bond donors (Lipinski definition) is 0. The first-order chi connectivity index (χ1) is 7.83. The summed E-state index contributed by atoms with van der Waals surface area (Å²) in [5, 5.41) is 5.63. The number of nitrogens with zero attached hydrogens (tertiary/aromatic N) is 2. The summed E-state index contributed by atoms with van der Waals surface area (Å²) in [7, 11) is 5.65. The van der Waals surface area contributed by atoms with Crippen LogP contribution in [0.3, 0.4) is 0 Å². The van der Waals surface area contributed by atoms with E-state index in [2.05, 4.69) is 11.2 Å². The Morgan fingerprint density at radius 3 is 2.44 bits per heavy atom. The Balaban J connectivity index is 2.15. The summed E-state index contributed by atoms with van der Waals surface area (Å²) in [5.41, 5.74) is 2.78. The molecule has 0 amide bonds. The number of benzene rings is 2. The molecule has 0 aliphatic heterocycles. The second kappa shape index (κ2) is 3.52. The van der Waals surface area contributed by atoms with Crippen molar-refractivity contribution < 1.29 is 0 Å². The molecule has 0 saturated heterocycles. The van der Waals surface area contributed by atoms with E-state index in [4.69, 9.17) is 7.85 Å². The molecule has 3 aromatic rings. The molecule has 0 unspecified atom stereocenters. The van der Waals surface area contributed by atoms with E-state index in [-0.39, 0.29) is 0 Å². The van der Waals surface area contributed by atoms with E-state index in [0.717, 1.165) is 22.1 Å². The monoisotopic (exact) mass is 204 g/mol. The quantitative estimate of drug-likeness (QED) is 0.553. The minimum absolute atomic E-state index is 0.764. The maximum Gasteiger partial charge on any atom is 0.113 e. The van der Waals surface area contributed by atoms with Crippen LogP contribution in [0.5, 0.6) is 0 Å². The van der Waals surface area contributed by atoms with Gasteiger partial charge in [-0.05, 0) is 18.2 Å². The Bertz CT molecular complexity index is 593. The van der Waals surface area contributed by atoms with E-state index in [0.29, 0.717) is 0 Å². The Morgan fingerprint density at radius 1 is 0.938 bits per heavy atom. The number of hydrogen-bond acceptors (Lipinski definition) is 1. The molecule has 1 heterocycles. The Kier molecular flexibility index (Phi) is 2.03. The van der Waals surface area contributed by atoms with E-state index in [9.17, 15) is 0 Å². The Morgan fingerprint density at radius 2 is 1.69 bits per heavy atom. The average molecular weight is 204 g/mol. The molecule has 0 fully saturated rings. The molecule has 0 saturated carbocycles. The molecule has 2 nitrogen and oxygen atoms in total. The van der Waals surface area contributed by atoms with Crippen LogP contribution in [0.4, 0.5) is 0 Å². The van der Waals surface area contributed by atoms with Crippen molar-refractivity contribution >= 4 is 24.2 Å². The summed E-state index contributed by atoms with van der Waals surface area (Å²) in [5.74, 6) is 0. The third kappa shape index (κ3) is 1.50. The SMILES string of the molecule is [B]c1ccc(-n2cc3ccccc3n2)cc1. The van der Waals surface area contributed by atoms with Crippen molar-refractivity contribution in [3.8, 4) is 5.69 Å². The van der Waals surface area contributed by atoms with Crippen molar-refractivity contribution in [3.05, 3.63) is 54.7 Å². The van der Waals surface area contributed by atoms with Crippen LogP contribution < -0.4 is 5.46 Å². The summed E-state index contributed by atoms with van der Waals surface area (Å²) >= 11 is 0. The van der Waals surface area contributed by atoms with Gasteiger partial charge in [0.2, 0.25) is 0 Å². The molecule has 0 aliphatic rings. The lowest BCUT2D eigenvalue weighted by Gasteiger charge is -2.00. The van der Waals surface area contributed by atoms with Gasteiger partial charge >= 0.3 is 0 Å². The van der Waals surface area contributed by atoms with Crippen molar-refractivity contribution in [3.63, 3.8) is 0 Å². The molecule has 0 bridgehead atoms. The predicted molar refractivity (Wildman–Crippen MR) is 66.5 cm³/mol. The lowest BCUT2D eigenvalue weighted by molar-refractivity contribution is 0.897. The average Bonchev–Trinajstić information content (AvgIpc) is 2.73. The summed E-state index contributed by atoms with van der Waals surface area (Å²) < 4.78 is 1.87. The zero-order chi connectivity index (χ0) is 11.0. The summed E-state index contributed by atoms with van der Waals surface area (Å²) in [4.78, 5) is 0. The van der Waals surface area contributed by atoms with Gasteiger partial charge in [0.15, 0.2) is 0 Å². The molecule has 0 N–H and O–H groups in total. The predicted octanol–water partition coefficient (Wildman–Crippen LogP) is 1.82. The standard InChI is InChI=1S/C13H9BN2/c14-11-5-7-12(8-6-11)16-9-10-3-1-2-4-13(10)15-16/h1-9H. The zero-order valence-corrected chi connectivity index (χ0v) is 8.67. The number of fused-ring (bicyclic) bond motifs is 1.